The van der Waals surface area contributed by atoms with E-state index in [2.05, 4.69) is 10.3 Å². The number of aryl methyl sites for hydroxylation is 1. The van der Waals surface area contributed by atoms with Crippen LogP contribution >= 0.6 is 0 Å². The van der Waals surface area contributed by atoms with Gasteiger partial charge in [-0.2, -0.15) is 0 Å². The second-order valence-electron chi connectivity index (χ2n) is 4.11. The monoisotopic (exact) mass is 231 g/mol. The molecule has 0 aliphatic carbocycles. The number of oxazole rings is 1. The van der Waals surface area contributed by atoms with Gasteiger partial charge >= 0.3 is 0 Å². The van der Waals surface area contributed by atoms with Crippen molar-refractivity contribution >= 4 is 5.69 Å². The second-order valence-corrected chi connectivity index (χ2v) is 4.11. The average molecular weight is 231 g/mol. The number of hydrogen-bond donors (Lipinski definition) is 2. The first-order valence-electron chi connectivity index (χ1n) is 5.66. The molecule has 1 aromatic heterocycles. The summed E-state index contributed by atoms with van der Waals surface area (Å²) in [6.45, 7) is 4.61. The van der Waals surface area contributed by atoms with Gasteiger partial charge in [-0.1, -0.05) is 18.2 Å². The fourth-order valence-electron chi connectivity index (χ4n) is 1.62. The van der Waals surface area contributed by atoms with Crippen molar-refractivity contribution in [1.29, 1.82) is 0 Å². The third kappa shape index (κ3) is 2.85. The van der Waals surface area contributed by atoms with Crippen molar-refractivity contribution in [2.24, 2.45) is 0 Å². The van der Waals surface area contributed by atoms with Gasteiger partial charge in [0, 0.05) is 12.2 Å². The van der Waals surface area contributed by atoms with Gasteiger partial charge in [-0.3, -0.25) is 0 Å². The van der Waals surface area contributed by atoms with Crippen LogP contribution in [0.4, 0.5) is 5.69 Å². The molecule has 0 saturated carbocycles. The maximum absolute atomic E-state index is 5.87. The number of rotatable bonds is 4. The van der Waals surface area contributed by atoms with Gasteiger partial charge in [0.25, 0.3) is 0 Å². The molecule has 4 nitrogen and oxygen atoms in total. The zero-order valence-electron chi connectivity index (χ0n) is 10.1. The van der Waals surface area contributed by atoms with Gasteiger partial charge < -0.3 is 15.5 Å². The molecule has 0 fully saturated rings. The van der Waals surface area contributed by atoms with E-state index in [0.717, 1.165) is 17.0 Å². The SMILES string of the molecule is Cc1cnc(C(C)NCc2ccccc2N)o1. The first-order valence-corrected chi connectivity index (χ1v) is 5.66. The van der Waals surface area contributed by atoms with Crippen molar-refractivity contribution in [1.82, 2.24) is 10.3 Å². The summed E-state index contributed by atoms with van der Waals surface area (Å²) in [5, 5.41) is 3.33. The number of benzene rings is 1. The zero-order valence-corrected chi connectivity index (χ0v) is 10.1. The maximum atomic E-state index is 5.87. The first kappa shape index (κ1) is 11.7. The van der Waals surface area contributed by atoms with E-state index in [1.807, 2.05) is 38.1 Å². The van der Waals surface area contributed by atoms with E-state index in [-0.39, 0.29) is 6.04 Å². The summed E-state index contributed by atoms with van der Waals surface area (Å²) in [7, 11) is 0. The standard InChI is InChI=1S/C13H17N3O/c1-9-7-16-13(17-9)10(2)15-8-11-5-3-4-6-12(11)14/h3-7,10,15H,8,14H2,1-2H3. The van der Waals surface area contributed by atoms with Gasteiger partial charge in [-0.05, 0) is 25.5 Å². The lowest BCUT2D eigenvalue weighted by Gasteiger charge is -2.11. The van der Waals surface area contributed by atoms with E-state index < -0.39 is 0 Å². The van der Waals surface area contributed by atoms with E-state index in [1.54, 1.807) is 6.20 Å². The third-order valence-corrected chi connectivity index (χ3v) is 2.66. The van der Waals surface area contributed by atoms with Crippen LogP contribution in [-0.4, -0.2) is 4.98 Å². The molecule has 4 heteroatoms. The highest BCUT2D eigenvalue weighted by atomic mass is 16.4. The number of nitrogen functional groups attached to an aromatic ring is 1. The van der Waals surface area contributed by atoms with Crippen LogP contribution in [0.1, 0.15) is 30.2 Å². The molecule has 0 aliphatic heterocycles. The van der Waals surface area contributed by atoms with Crippen molar-refractivity contribution in [2.45, 2.75) is 26.4 Å². The Hall–Kier alpha value is -1.81. The van der Waals surface area contributed by atoms with Gasteiger partial charge in [0.05, 0.1) is 12.2 Å². The molecule has 90 valence electrons. The lowest BCUT2D eigenvalue weighted by atomic mass is 10.1. The van der Waals surface area contributed by atoms with Crippen LogP contribution in [0.15, 0.2) is 34.9 Å². The Morgan fingerprint density at radius 3 is 2.82 bits per heavy atom. The van der Waals surface area contributed by atoms with Gasteiger partial charge in [0.1, 0.15) is 5.76 Å². The molecule has 1 unspecified atom stereocenters. The van der Waals surface area contributed by atoms with Gasteiger partial charge in [-0.25, -0.2) is 4.98 Å². The number of aromatic nitrogens is 1. The molecule has 2 rings (SSSR count). The van der Waals surface area contributed by atoms with E-state index in [4.69, 9.17) is 10.2 Å². The predicted octanol–water partition coefficient (Wildman–Crippen LogP) is 2.42. The first-order chi connectivity index (χ1) is 8.16. The normalized spacial score (nSPS) is 12.6. The molecule has 2 aromatic rings. The quantitative estimate of drug-likeness (QED) is 0.793. The number of hydrogen-bond acceptors (Lipinski definition) is 4. The van der Waals surface area contributed by atoms with Crippen LogP contribution in [-0.2, 0) is 6.54 Å². The lowest BCUT2D eigenvalue weighted by Crippen LogP contribution is -2.19. The summed E-state index contributed by atoms with van der Waals surface area (Å²) in [5.74, 6) is 1.53. The number of nitrogens with two attached hydrogens (primary N) is 1. The summed E-state index contributed by atoms with van der Waals surface area (Å²) in [6.07, 6.45) is 1.73. The lowest BCUT2D eigenvalue weighted by molar-refractivity contribution is 0.402. The van der Waals surface area contributed by atoms with Crippen molar-refractivity contribution in [3.05, 3.63) is 47.7 Å². The molecule has 0 spiro atoms. The predicted molar refractivity (Wildman–Crippen MR) is 67.3 cm³/mol. The Kier molecular flexibility index (Phi) is 3.44. The molecule has 3 N–H and O–H groups in total. The van der Waals surface area contributed by atoms with Crippen LogP contribution in [0.25, 0.3) is 0 Å². The molecule has 0 amide bonds. The summed E-state index contributed by atoms with van der Waals surface area (Å²) in [6, 6.07) is 7.89. The topological polar surface area (TPSA) is 64.1 Å². The molecule has 0 aliphatic rings. The van der Waals surface area contributed by atoms with E-state index in [1.165, 1.54) is 0 Å². The fraction of sp³-hybridized carbons (Fsp3) is 0.308. The fourth-order valence-corrected chi connectivity index (χ4v) is 1.62. The maximum Gasteiger partial charge on any atom is 0.211 e. The highest BCUT2D eigenvalue weighted by Crippen LogP contribution is 2.15. The largest absolute Gasteiger partial charge is 0.444 e. The van der Waals surface area contributed by atoms with Crippen LogP contribution in [0.2, 0.25) is 0 Å². The van der Waals surface area contributed by atoms with Gasteiger partial charge in [0.15, 0.2) is 0 Å². The Balaban J connectivity index is 1.97. The number of nitrogens with one attached hydrogen (secondary N) is 1. The highest BCUT2D eigenvalue weighted by molar-refractivity contribution is 5.46. The minimum atomic E-state index is 0.0725. The van der Waals surface area contributed by atoms with E-state index in [9.17, 15) is 0 Å². The highest BCUT2D eigenvalue weighted by Gasteiger charge is 2.10. The molecular weight excluding hydrogens is 214 g/mol. The van der Waals surface area contributed by atoms with Crippen LogP contribution in [0.3, 0.4) is 0 Å². The van der Waals surface area contributed by atoms with E-state index in [0.29, 0.717) is 12.4 Å². The molecular formula is C13H17N3O. The smallest absolute Gasteiger partial charge is 0.211 e. The number of nitrogens with zero attached hydrogens (tertiary/aromatic N) is 1. The van der Waals surface area contributed by atoms with E-state index >= 15 is 0 Å². The molecule has 0 radical (unpaired) electrons. The number of para-hydroxylation sites is 1. The Morgan fingerprint density at radius 1 is 1.41 bits per heavy atom. The van der Waals surface area contributed by atoms with Crippen molar-refractivity contribution in [2.75, 3.05) is 5.73 Å². The van der Waals surface area contributed by atoms with Gasteiger partial charge in [0.2, 0.25) is 5.89 Å². The third-order valence-electron chi connectivity index (χ3n) is 2.66. The van der Waals surface area contributed by atoms with Crippen LogP contribution in [0.5, 0.6) is 0 Å². The summed E-state index contributed by atoms with van der Waals surface area (Å²) in [4.78, 5) is 4.19. The van der Waals surface area contributed by atoms with Crippen molar-refractivity contribution in [3.63, 3.8) is 0 Å². The van der Waals surface area contributed by atoms with Crippen molar-refractivity contribution < 1.29 is 4.42 Å². The molecule has 0 saturated heterocycles. The average Bonchev–Trinajstić information content (AvgIpc) is 2.74. The molecule has 1 heterocycles. The number of anilines is 1. The summed E-state index contributed by atoms with van der Waals surface area (Å²) >= 11 is 0. The molecule has 0 bridgehead atoms. The minimum absolute atomic E-state index is 0.0725. The Labute approximate surface area is 101 Å². The second kappa shape index (κ2) is 5.01. The van der Waals surface area contributed by atoms with Crippen LogP contribution < -0.4 is 11.1 Å². The molecule has 17 heavy (non-hydrogen) atoms. The molecule has 1 aromatic carbocycles. The summed E-state index contributed by atoms with van der Waals surface area (Å²) < 4.78 is 5.46. The molecule has 1 atom stereocenters. The minimum Gasteiger partial charge on any atom is -0.444 e. The van der Waals surface area contributed by atoms with Crippen LogP contribution in [0, 0.1) is 6.92 Å². The summed E-state index contributed by atoms with van der Waals surface area (Å²) in [5.41, 5.74) is 7.76. The zero-order chi connectivity index (χ0) is 12.3. The Bertz CT molecular complexity index is 493. The van der Waals surface area contributed by atoms with Gasteiger partial charge in [-0.15, -0.1) is 0 Å². The van der Waals surface area contributed by atoms with Crippen molar-refractivity contribution in [3.8, 4) is 0 Å². The Morgan fingerprint density at radius 2 is 2.18 bits per heavy atom.